The SMILES string of the molecule is CCOc1ccccc1OCC(=O)OCC(=O)N1CCN(c2ccc([N+](=O)[O-])cc2)CC1. The average Bonchev–Trinajstić information content (AvgIpc) is 2.82. The van der Waals surface area contributed by atoms with Crippen LogP contribution in [0.3, 0.4) is 0 Å². The van der Waals surface area contributed by atoms with Gasteiger partial charge in [0.25, 0.3) is 11.6 Å². The van der Waals surface area contributed by atoms with E-state index in [1.807, 2.05) is 11.8 Å². The molecule has 0 aliphatic carbocycles. The van der Waals surface area contributed by atoms with E-state index in [2.05, 4.69) is 0 Å². The van der Waals surface area contributed by atoms with Crippen LogP contribution in [0, 0.1) is 10.1 Å². The lowest BCUT2D eigenvalue weighted by atomic mass is 10.2. The molecule has 0 N–H and O–H groups in total. The van der Waals surface area contributed by atoms with Gasteiger partial charge in [0, 0.05) is 44.0 Å². The smallest absolute Gasteiger partial charge is 0.344 e. The minimum absolute atomic E-state index is 0.0368. The monoisotopic (exact) mass is 443 g/mol. The van der Waals surface area contributed by atoms with Gasteiger partial charge in [-0.15, -0.1) is 0 Å². The molecule has 0 bridgehead atoms. The van der Waals surface area contributed by atoms with Crippen molar-refractivity contribution < 1.29 is 28.7 Å². The molecule has 0 unspecified atom stereocenters. The van der Waals surface area contributed by atoms with Crippen LogP contribution >= 0.6 is 0 Å². The molecule has 10 heteroatoms. The lowest BCUT2D eigenvalue weighted by Crippen LogP contribution is -2.50. The summed E-state index contributed by atoms with van der Waals surface area (Å²) in [6.45, 7) is 3.72. The highest BCUT2D eigenvalue weighted by molar-refractivity contribution is 5.81. The second kappa shape index (κ2) is 11.0. The molecule has 32 heavy (non-hydrogen) atoms. The molecule has 2 aromatic rings. The zero-order valence-electron chi connectivity index (χ0n) is 17.8. The standard InChI is InChI=1S/C22H25N3O7/c1-2-30-19-5-3-4-6-20(19)31-16-22(27)32-15-21(26)24-13-11-23(12-14-24)17-7-9-18(10-8-17)25(28)29/h3-10H,2,11-16H2,1H3. The zero-order valence-corrected chi connectivity index (χ0v) is 17.8. The molecule has 0 atom stereocenters. The van der Waals surface area contributed by atoms with Gasteiger partial charge in [-0.3, -0.25) is 14.9 Å². The number of esters is 1. The van der Waals surface area contributed by atoms with E-state index in [9.17, 15) is 19.7 Å². The number of nitro benzene ring substituents is 1. The number of hydrogen-bond donors (Lipinski definition) is 0. The van der Waals surface area contributed by atoms with Crippen molar-refractivity contribution in [3.8, 4) is 11.5 Å². The van der Waals surface area contributed by atoms with Crippen LogP contribution in [0.25, 0.3) is 0 Å². The molecule has 0 radical (unpaired) electrons. The van der Waals surface area contributed by atoms with Crippen LogP contribution in [0.5, 0.6) is 11.5 Å². The van der Waals surface area contributed by atoms with Crippen molar-refractivity contribution in [2.75, 3.05) is 50.9 Å². The topological polar surface area (TPSA) is 111 Å². The van der Waals surface area contributed by atoms with Crippen molar-refractivity contribution >= 4 is 23.3 Å². The Bertz CT molecular complexity index is 941. The summed E-state index contributed by atoms with van der Waals surface area (Å²) in [5.41, 5.74) is 0.897. The van der Waals surface area contributed by atoms with E-state index in [0.717, 1.165) is 5.69 Å². The van der Waals surface area contributed by atoms with Crippen LogP contribution in [0.15, 0.2) is 48.5 Å². The highest BCUT2D eigenvalue weighted by Crippen LogP contribution is 2.26. The molecular formula is C22H25N3O7. The van der Waals surface area contributed by atoms with Crippen LogP contribution in [-0.2, 0) is 14.3 Å². The average molecular weight is 443 g/mol. The third-order valence-electron chi connectivity index (χ3n) is 4.91. The summed E-state index contributed by atoms with van der Waals surface area (Å²) in [4.78, 5) is 38.3. The normalized spacial score (nSPS) is 13.4. The lowest BCUT2D eigenvalue weighted by molar-refractivity contribution is -0.384. The number of carbonyl (C=O) groups is 2. The minimum atomic E-state index is -0.644. The lowest BCUT2D eigenvalue weighted by Gasteiger charge is -2.36. The number of amides is 1. The summed E-state index contributed by atoms with van der Waals surface area (Å²) in [7, 11) is 0. The highest BCUT2D eigenvalue weighted by Gasteiger charge is 2.22. The summed E-state index contributed by atoms with van der Waals surface area (Å²) in [6.07, 6.45) is 0. The Morgan fingerprint density at radius 2 is 1.56 bits per heavy atom. The molecule has 1 saturated heterocycles. The quantitative estimate of drug-likeness (QED) is 0.330. The molecule has 0 aromatic heterocycles. The number of para-hydroxylation sites is 2. The van der Waals surface area contributed by atoms with E-state index >= 15 is 0 Å². The molecule has 10 nitrogen and oxygen atoms in total. The number of benzene rings is 2. The van der Waals surface area contributed by atoms with Crippen molar-refractivity contribution in [3.05, 3.63) is 58.6 Å². The van der Waals surface area contributed by atoms with E-state index < -0.39 is 10.9 Å². The number of nitrogens with zero attached hydrogens (tertiary/aromatic N) is 3. The maximum absolute atomic E-state index is 12.4. The Balaban J connectivity index is 1.40. The first-order chi connectivity index (χ1) is 15.5. The molecule has 1 aliphatic rings. The van der Waals surface area contributed by atoms with E-state index in [4.69, 9.17) is 14.2 Å². The van der Waals surface area contributed by atoms with Crippen LogP contribution in [0.2, 0.25) is 0 Å². The summed E-state index contributed by atoms with van der Waals surface area (Å²) >= 11 is 0. The van der Waals surface area contributed by atoms with Gasteiger partial charge in [0.1, 0.15) is 0 Å². The Morgan fingerprint density at radius 3 is 2.16 bits per heavy atom. The Kier molecular flexibility index (Phi) is 7.85. The van der Waals surface area contributed by atoms with E-state index in [1.54, 1.807) is 41.3 Å². The number of hydrogen-bond acceptors (Lipinski definition) is 8. The summed E-state index contributed by atoms with van der Waals surface area (Å²) in [6, 6.07) is 13.3. The number of nitro groups is 1. The first-order valence-corrected chi connectivity index (χ1v) is 10.3. The molecule has 2 aromatic carbocycles. The summed E-state index contributed by atoms with van der Waals surface area (Å²) in [5.74, 6) is 0.0374. The van der Waals surface area contributed by atoms with Crippen LogP contribution < -0.4 is 14.4 Å². The fraction of sp³-hybridized carbons (Fsp3) is 0.364. The van der Waals surface area contributed by atoms with Crippen molar-refractivity contribution in [3.63, 3.8) is 0 Å². The maximum atomic E-state index is 12.4. The number of carbonyl (C=O) groups excluding carboxylic acids is 2. The van der Waals surface area contributed by atoms with Gasteiger partial charge < -0.3 is 24.0 Å². The van der Waals surface area contributed by atoms with Gasteiger partial charge >= 0.3 is 5.97 Å². The predicted octanol–water partition coefficient (Wildman–Crippen LogP) is 2.26. The van der Waals surface area contributed by atoms with Crippen LogP contribution in [0.4, 0.5) is 11.4 Å². The first-order valence-electron chi connectivity index (χ1n) is 10.3. The predicted molar refractivity (Wildman–Crippen MR) is 116 cm³/mol. The molecule has 1 heterocycles. The fourth-order valence-electron chi connectivity index (χ4n) is 3.26. The molecule has 1 fully saturated rings. The fourth-order valence-corrected chi connectivity index (χ4v) is 3.26. The number of rotatable bonds is 9. The third kappa shape index (κ3) is 6.10. The Morgan fingerprint density at radius 1 is 0.938 bits per heavy atom. The van der Waals surface area contributed by atoms with Gasteiger partial charge in [-0.25, -0.2) is 4.79 Å². The van der Waals surface area contributed by atoms with Gasteiger partial charge in [-0.2, -0.15) is 0 Å². The van der Waals surface area contributed by atoms with Gasteiger partial charge in [-0.1, -0.05) is 12.1 Å². The second-order valence-corrected chi connectivity index (χ2v) is 6.97. The molecular weight excluding hydrogens is 418 g/mol. The van der Waals surface area contributed by atoms with Gasteiger partial charge in [-0.05, 0) is 31.2 Å². The van der Waals surface area contributed by atoms with Crippen molar-refractivity contribution in [2.24, 2.45) is 0 Å². The Hall–Kier alpha value is -3.82. The van der Waals surface area contributed by atoms with Gasteiger partial charge in [0.05, 0.1) is 11.5 Å². The number of non-ortho nitro benzene ring substituents is 1. The van der Waals surface area contributed by atoms with Gasteiger partial charge in [0.15, 0.2) is 24.7 Å². The van der Waals surface area contributed by atoms with Crippen molar-refractivity contribution in [1.29, 1.82) is 0 Å². The second-order valence-electron chi connectivity index (χ2n) is 6.97. The van der Waals surface area contributed by atoms with Crippen LogP contribution in [-0.4, -0.2) is 67.7 Å². The van der Waals surface area contributed by atoms with E-state index in [-0.39, 0.29) is 24.8 Å². The number of ether oxygens (including phenoxy) is 3. The number of anilines is 1. The van der Waals surface area contributed by atoms with Crippen LogP contribution in [0.1, 0.15) is 6.92 Å². The molecule has 170 valence electrons. The molecule has 1 aliphatic heterocycles. The van der Waals surface area contributed by atoms with E-state index in [0.29, 0.717) is 44.3 Å². The third-order valence-corrected chi connectivity index (χ3v) is 4.91. The van der Waals surface area contributed by atoms with Crippen molar-refractivity contribution in [1.82, 2.24) is 4.90 Å². The molecule has 3 rings (SSSR count). The maximum Gasteiger partial charge on any atom is 0.344 e. The molecule has 0 spiro atoms. The first kappa shape index (κ1) is 22.9. The zero-order chi connectivity index (χ0) is 22.9. The molecule has 1 amide bonds. The molecule has 0 saturated carbocycles. The summed E-state index contributed by atoms with van der Waals surface area (Å²) < 4.78 is 15.9. The van der Waals surface area contributed by atoms with E-state index in [1.165, 1.54) is 12.1 Å². The highest BCUT2D eigenvalue weighted by atomic mass is 16.6. The van der Waals surface area contributed by atoms with Gasteiger partial charge in [0.2, 0.25) is 0 Å². The largest absolute Gasteiger partial charge is 0.490 e. The minimum Gasteiger partial charge on any atom is -0.490 e. The van der Waals surface area contributed by atoms with Crippen molar-refractivity contribution in [2.45, 2.75) is 6.92 Å². The Labute approximate surface area is 185 Å². The summed E-state index contributed by atoms with van der Waals surface area (Å²) in [5, 5.41) is 10.8. The number of piperazine rings is 1.